The first-order valence-electron chi connectivity index (χ1n) is 5.76. The van der Waals surface area contributed by atoms with E-state index in [1.54, 1.807) is 0 Å². The Kier molecular flexibility index (Phi) is 5.09. The smallest absolute Gasteiger partial charge is 0.228 e. The fourth-order valence-corrected chi connectivity index (χ4v) is 2.38. The van der Waals surface area contributed by atoms with E-state index in [1.807, 2.05) is 6.07 Å². The standard InChI is InChI=1S/C11H18N2O2/c12-9-8-11(13(14)15)10-6-4-2-1-3-5-7-10/h10-11H,1-8H2. The number of nitriles is 1. The predicted octanol–water partition coefficient (Wildman–Crippen LogP) is 2.91. The molecule has 4 nitrogen and oxygen atoms in total. The van der Waals surface area contributed by atoms with Gasteiger partial charge in [-0.3, -0.25) is 10.1 Å². The molecule has 0 saturated heterocycles. The summed E-state index contributed by atoms with van der Waals surface area (Å²) in [6.07, 6.45) is 7.72. The summed E-state index contributed by atoms with van der Waals surface area (Å²) in [6.45, 7) is 0. The highest BCUT2D eigenvalue weighted by molar-refractivity contribution is 4.81. The molecule has 0 N–H and O–H groups in total. The first-order chi connectivity index (χ1) is 7.25. The molecule has 84 valence electrons. The summed E-state index contributed by atoms with van der Waals surface area (Å²) in [7, 11) is 0. The Morgan fingerprint density at radius 2 is 1.80 bits per heavy atom. The van der Waals surface area contributed by atoms with Gasteiger partial charge in [-0.2, -0.15) is 5.26 Å². The van der Waals surface area contributed by atoms with E-state index in [9.17, 15) is 10.1 Å². The summed E-state index contributed by atoms with van der Waals surface area (Å²) >= 11 is 0. The summed E-state index contributed by atoms with van der Waals surface area (Å²) in [4.78, 5) is 10.6. The van der Waals surface area contributed by atoms with Gasteiger partial charge in [0.25, 0.3) is 0 Å². The molecule has 0 aromatic rings. The van der Waals surface area contributed by atoms with Gasteiger partial charge in [-0.05, 0) is 12.8 Å². The van der Waals surface area contributed by atoms with Crippen LogP contribution in [0.15, 0.2) is 0 Å². The number of nitro groups is 1. The zero-order valence-electron chi connectivity index (χ0n) is 9.02. The van der Waals surface area contributed by atoms with Gasteiger partial charge >= 0.3 is 0 Å². The Labute approximate surface area is 90.4 Å². The lowest BCUT2D eigenvalue weighted by Crippen LogP contribution is -2.29. The van der Waals surface area contributed by atoms with Gasteiger partial charge in [0.2, 0.25) is 6.04 Å². The fourth-order valence-electron chi connectivity index (χ4n) is 2.38. The van der Waals surface area contributed by atoms with Crippen LogP contribution in [0.5, 0.6) is 0 Å². The maximum atomic E-state index is 10.8. The highest BCUT2D eigenvalue weighted by Gasteiger charge is 2.30. The lowest BCUT2D eigenvalue weighted by molar-refractivity contribution is -0.531. The molecule has 0 spiro atoms. The van der Waals surface area contributed by atoms with Crippen LogP contribution in [0.3, 0.4) is 0 Å². The minimum Gasteiger partial charge on any atom is -0.264 e. The Hall–Kier alpha value is -1.11. The van der Waals surface area contributed by atoms with Gasteiger partial charge in [0.05, 0.1) is 6.07 Å². The average Bonchev–Trinajstić information content (AvgIpc) is 2.14. The van der Waals surface area contributed by atoms with Crippen LogP contribution in [-0.2, 0) is 0 Å². The van der Waals surface area contributed by atoms with Gasteiger partial charge in [0, 0.05) is 10.8 Å². The summed E-state index contributed by atoms with van der Waals surface area (Å²) in [5, 5.41) is 19.4. The van der Waals surface area contributed by atoms with Crippen LogP contribution in [0.25, 0.3) is 0 Å². The monoisotopic (exact) mass is 210 g/mol. The minimum atomic E-state index is -0.631. The zero-order chi connectivity index (χ0) is 11.1. The molecule has 0 bridgehead atoms. The SMILES string of the molecule is N#CCC(C1CCCCCCC1)[N+](=O)[O-]. The van der Waals surface area contributed by atoms with Crippen molar-refractivity contribution in [3.05, 3.63) is 10.1 Å². The number of rotatable bonds is 3. The van der Waals surface area contributed by atoms with Crippen molar-refractivity contribution in [3.8, 4) is 6.07 Å². The van der Waals surface area contributed by atoms with Crippen molar-refractivity contribution in [3.63, 3.8) is 0 Å². The fraction of sp³-hybridized carbons (Fsp3) is 0.909. The maximum Gasteiger partial charge on any atom is 0.228 e. The highest BCUT2D eigenvalue weighted by atomic mass is 16.6. The van der Waals surface area contributed by atoms with Crippen LogP contribution < -0.4 is 0 Å². The molecule has 0 aromatic heterocycles. The van der Waals surface area contributed by atoms with Gasteiger partial charge in [-0.15, -0.1) is 0 Å². The molecule has 0 aromatic carbocycles. The van der Waals surface area contributed by atoms with Crippen molar-refractivity contribution in [1.29, 1.82) is 5.26 Å². The number of nitrogens with zero attached hydrogens (tertiary/aromatic N) is 2. The molecule has 1 saturated carbocycles. The van der Waals surface area contributed by atoms with Crippen LogP contribution >= 0.6 is 0 Å². The Balaban J connectivity index is 2.55. The number of hydrogen-bond donors (Lipinski definition) is 0. The van der Waals surface area contributed by atoms with E-state index in [4.69, 9.17) is 5.26 Å². The van der Waals surface area contributed by atoms with E-state index in [0.29, 0.717) is 0 Å². The van der Waals surface area contributed by atoms with Gasteiger partial charge in [0.1, 0.15) is 6.42 Å². The summed E-state index contributed by atoms with van der Waals surface area (Å²) in [5.74, 6) is 0.125. The van der Waals surface area contributed by atoms with Crippen molar-refractivity contribution in [1.82, 2.24) is 0 Å². The first-order valence-corrected chi connectivity index (χ1v) is 5.76. The van der Waals surface area contributed by atoms with E-state index in [0.717, 1.165) is 25.7 Å². The van der Waals surface area contributed by atoms with Crippen LogP contribution in [0, 0.1) is 27.4 Å². The van der Waals surface area contributed by atoms with E-state index < -0.39 is 6.04 Å². The Morgan fingerprint density at radius 1 is 1.27 bits per heavy atom. The molecule has 1 rings (SSSR count). The summed E-state index contributed by atoms with van der Waals surface area (Å²) < 4.78 is 0. The topological polar surface area (TPSA) is 66.9 Å². The Morgan fingerprint density at radius 3 is 2.27 bits per heavy atom. The molecule has 1 atom stereocenters. The van der Waals surface area contributed by atoms with Crippen molar-refractivity contribution in [2.45, 2.75) is 57.4 Å². The number of hydrogen-bond acceptors (Lipinski definition) is 3. The van der Waals surface area contributed by atoms with Crippen LogP contribution in [-0.4, -0.2) is 11.0 Å². The molecule has 1 aliphatic carbocycles. The predicted molar refractivity (Wildman–Crippen MR) is 56.8 cm³/mol. The zero-order valence-corrected chi connectivity index (χ0v) is 9.02. The van der Waals surface area contributed by atoms with Crippen LogP contribution in [0.1, 0.15) is 51.4 Å². The first kappa shape index (κ1) is 12.0. The molecule has 0 amide bonds. The van der Waals surface area contributed by atoms with Crippen LogP contribution in [0.2, 0.25) is 0 Å². The van der Waals surface area contributed by atoms with Crippen molar-refractivity contribution < 1.29 is 4.92 Å². The lowest BCUT2D eigenvalue weighted by atomic mass is 9.85. The van der Waals surface area contributed by atoms with Crippen molar-refractivity contribution in [2.75, 3.05) is 0 Å². The molecule has 15 heavy (non-hydrogen) atoms. The molecule has 0 aliphatic heterocycles. The molecule has 4 heteroatoms. The highest BCUT2D eigenvalue weighted by Crippen LogP contribution is 2.27. The molecular weight excluding hydrogens is 192 g/mol. The van der Waals surface area contributed by atoms with Crippen molar-refractivity contribution >= 4 is 0 Å². The third-order valence-electron chi connectivity index (χ3n) is 3.27. The second-order valence-corrected chi connectivity index (χ2v) is 4.32. The van der Waals surface area contributed by atoms with Gasteiger partial charge in [-0.1, -0.05) is 32.1 Å². The van der Waals surface area contributed by atoms with E-state index in [1.165, 1.54) is 19.3 Å². The van der Waals surface area contributed by atoms with Crippen LogP contribution in [0.4, 0.5) is 0 Å². The van der Waals surface area contributed by atoms with Gasteiger partial charge in [-0.25, -0.2) is 0 Å². The van der Waals surface area contributed by atoms with Gasteiger partial charge < -0.3 is 0 Å². The maximum absolute atomic E-state index is 10.8. The van der Waals surface area contributed by atoms with E-state index in [-0.39, 0.29) is 17.3 Å². The molecule has 1 aliphatic rings. The Bertz CT molecular complexity index is 239. The minimum absolute atomic E-state index is 0.0671. The molecule has 1 unspecified atom stereocenters. The second-order valence-electron chi connectivity index (χ2n) is 4.32. The molecule has 1 fully saturated rings. The average molecular weight is 210 g/mol. The van der Waals surface area contributed by atoms with Crippen molar-refractivity contribution in [2.24, 2.45) is 5.92 Å². The quantitative estimate of drug-likeness (QED) is 0.531. The third-order valence-corrected chi connectivity index (χ3v) is 3.27. The van der Waals surface area contributed by atoms with E-state index in [2.05, 4.69) is 0 Å². The normalized spacial score (nSPS) is 21.0. The molecule has 0 radical (unpaired) electrons. The second kappa shape index (κ2) is 6.39. The largest absolute Gasteiger partial charge is 0.264 e. The van der Waals surface area contributed by atoms with E-state index >= 15 is 0 Å². The summed E-state index contributed by atoms with van der Waals surface area (Å²) in [5.41, 5.74) is 0. The molecular formula is C11H18N2O2. The molecule has 0 heterocycles. The summed E-state index contributed by atoms with van der Waals surface area (Å²) in [6, 6.07) is 1.31. The lowest BCUT2D eigenvalue weighted by Gasteiger charge is -2.21. The third kappa shape index (κ3) is 3.86. The van der Waals surface area contributed by atoms with Gasteiger partial charge in [0.15, 0.2) is 0 Å².